The van der Waals surface area contributed by atoms with E-state index in [1.807, 2.05) is 74.5 Å². The predicted molar refractivity (Wildman–Crippen MR) is 355 cm³/mol. The van der Waals surface area contributed by atoms with E-state index in [1.54, 1.807) is 27.7 Å². The molecule has 3 aliphatic rings. The smallest absolute Gasteiger partial charge is 0.248 e. The largest absolute Gasteiger partial charge is 0.370 e. The Morgan fingerprint density at radius 3 is 1.45 bits per heavy atom. The molecule has 3 heterocycles. The second kappa shape index (κ2) is 35.9. The van der Waals surface area contributed by atoms with Crippen molar-refractivity contribution in [2.24, 2.45) is 35.5 Å². The monoisotopic (exact) mass is 1300 g/mol. The van der Waals surface area contributed by atoms with Crippen LogP contribution >= 0.6 is 0 Å². The summed E-state index contributed by atoms with van der Waals surface area (Å²) < 4.78 is 6.80. The van der Waals surface area contributed by atoms with Gasteiger partial charge < -0.3 is 70.1 Å². The molecule has 2 bridgehead atoms. The molecule has 0 aliphatic carbocycles. The molecule has 15 unspecified atom stereocenters. The van der Waals surface area contributed by atoms with E-state index in [2.05, 4.69) is 38.0 Å². The first-order valence-corrected chi connectivity index (χ1v) is 33.6. The molecule has 524 valence electrons. The number of hydrogen-bond acceptors (Lipinski definition) is 14. The Morgan fingerprint density at radius 1 is 0.467 bits per heavy atom. The van der Waals surface area contributed by atoms with Crippen LogP contribution in [0.2, 0.25) is 0 Å². The van der Waals surface area contributed by atoms with Crippen molar-refractivity contribution < 1.29 is 57.5 Å². The third-order valence-corrected chi connectivity index (χ3v) is 18.9. The summed E-state index contributed by atoms with van der Waals surface area (Å²) in [4.78, 5) is 177. The maximum absolute atomic E-state index is 15.3. The van der Waals surface area contributed by atoms with Crippen molar-refractivity contribution in [2.75, 3.05) is 88.6 Å². The van der Waals surface area contributed by atoms with Gasteiger partial charge in [0.2, 0.25) is 65.0 Å². The fourth-order valence-corrected chi connectivity index (χ4v) is 12.9. The van der Waals surface area contributed by atoms with Crippen molar-refractivity contribution in [3.63, 3.8) is 0 Å². The Hall–Kier alpha value is -6.21. The highest BCUT2D eigenvalue weighted by atomic mass is 16.5. The summed E-state index contributed by atoms with van der Waals surface area (Å²) in [6.45, 7) is 34.7. The average Bonchev–Trinajstić information content (AvgIpc) is 1.55. The standard InChI is InChI=1S/C67H119N13O12/c1-25-28-29-42(12)56-55-60(84)70-48(26-2)63(87)72(18)46(16)62(86)76(22)53(43(13)37-80-32-30-79(27-3)31-33-80)59(83)71-52(41(10)11)66(90)73(19)49(34-38(4)5)58(82)68-44(14)57(81)69-45(15)61(85)74(20)50(35-39(6)7)64(88)75(21)51(36-40(8)9)65(89)77(23)54(47(17)92-56)67(91)78(55)24/h25,28,38-56H,26-27,29-37H2,1-24H3,(H,68,82)(H,69,81)(H,70,84)(H,71,83). The van der Waals surface area contributed by atoms with Gasteiger partial charge >= 0.3 is 0 Å². The van der Waals surface area contributed by atoms with Crippen LogP contribution in [0.1, 0.15) is 150 Å². The lowest BCUT2D eigenvalue weighted by Gasteiger charge is -2.40. The minimum atomic E-state index is -1.34. The Kier molecular flexibility index (Phi) is 31.2. The van der Waals surface area contributed by atoms with E-state index < -0.39 is 161 Å². The van der Waals surface area contributed by atoms with Crippen LogP contribution in [0.4, 0.5) is 0 Å². The molecule has 25 heteroatoms. The second-order valence-corrected chi connectivity index (χ2v) is 28.1. The molecule has 3 saturated heterocycles. The number of ether oxygens (including phenoxy) is 1. The molecule has 0 spiro atoms. The van der Waals surface area contributed by atoms with Crippen molar-refractivity contribution in [2.45, 2.75) is 228 Å². The van der Waals surface area contributed by atoms with E-state index in [0.717, 1.165) is 19.6 Å². The molecule has 3 aliphatic heterocycles. The first-order chi connectivity index (χ1) is 42.8. The summed E-state index contributed by atoms with van der Waals surface area (Å²) in [5.41, 5.74) is 0. The van der Waals surface area contributed by atoms with Gasteiger partial charge in [0.1, 0.15) is 66.5 Å². The highest BCUT2D eigenvalue weighted by Gasteiger charge is 2.51. The zero-order valence-electron chi connectivity index (χ0n) is 60.3. The highest BCUT2D eigenvalue weighted by Crippen LogP contribution is 2.30. The number of allylic oxidation sites excluding steroid dienone is 2. The van der Waals surface area contributed by atoms with E-state index in [4.69, 9.17) is 4.74 Å². The van der Waals surface area contributed by atoms with E-state index in [-0.39, 0.29) is 43.4 Å². The lowest BCUT2D eigenvalue weighted by molar-refractivity contribution is -0.155. The Labute approximate surface area is 550 Å². The van der Waals surface area contributed by atoms with Crippen LogP contribution in [0.15, 0.2) is 12.2 Å². The number of hydrogen-bond donors (Lipinski definition) is 4. The molecule has 92 heavy (non-hydrogen) atoms. The minimum absolute atomic E-state index is 0.0661. The number of likely N-dealkylation sites (N-methyl/N-ethyl adjacent to an activating group) is 8. The molecule has 3 fully saturated rings. The summed E-state index contributed by atoms with van der Waals surface area (Å²) in [6.07, 6.45) is 2.77. The van der Waals surface area contributed by atoms with Crippen molar-refractivity contribution in [3.8, 4) is 0 Å². The van der Waals surface area contributed by atoms with Gasteiger partial charge in [-0.05, 0) is 109 Å². The molecular formula is C67H119N13O12. The number of carbonyl (C=O) groups is 11. The number of piperazine rings is 1. The SMILES string of the molecule is CC=CCC(C)C1OC(C)C2C(=O)N(C)C1C(=O)NC(CC)C(=O)N(C)C(C)C(=O)N(C)C(C(C)CN1CCN(CC)CC1)C(=O)NC(C(C)C)C(=O)N(C)C(CC(C)C)C(=O)NC(C)C(=O)NC(C)C(=O)N(C)C(CC(C)C)C(=O)N(C)C(CC(C)C)C(=O)N2C. The van der Waals surface area contributed by atoms with Gasteiger partial charge in [-0.15, -0.1) is 0 Å². The number of nitrogens with zero attached hydrogens (tertiary/aromatic N) is 9. The fourth-order valence-electron chi connectivity index (χ4n) is 12.9. The van der Waals surface area contributed by atoms with E-state index in [0.29, 0.717) is 26.1 Å². The lowest BCUT2D eigenvalue weighted by atomic mass is 9.92. The molecule has 15 atom stereocenters. The van der Waals surface area contributed by atoms with Gasteiger partial charge in [-0.2, -0.15) is 0 Å². The van der Waals surface area contributed by atoms with E-state index in [1.165, 1.54) is 104 Å². The van der Waals surface area contributed by atoms with Gasteiger partial charge in [0.15, 0.2) is 0 Å². The normalized spacial score (nSPS) is 30.1. The first kappa shape index (κ1) is 80.0. The van der Waals surface area contributed by atoms with Crippen LogP contribution in [-0.4, -0.2) is 276 Å². The first-order valence-electron chi connectivity index (χ1n) is 33.6. The molecule has 4 N–H and O–H groups in total. The number of amides is 11. The fraction of sp³-hybridized carbons (Fsp3) is 0.806. The van der Waals surface area contributed by atoms with Crippen LogP contribution in [-0.2, 0) is 57.5 Å². The number of carbonyl (C=O) groups excluding carboxylic acids is 11. The van der Waals surface area contributed by atoms with Crippen molar-refractivity contribution >= 4 is 65.0 Å². The third-order valence-electron chi connectivity index (χ3n) is 18.9. The van der Waals surface area contributed by atoms with E-state index in [9.17, 15) is 24.0 Å². The van der Waals surface area contributed by atoms with Crippen molar-refractivity contribution in [3.05, 3.63) is 12.2 Å². The predicted octanol–water partition coefficient (Wildman–Crippen LogP) is 2.66. The highest BCUT2D eigenvalue weighted by molar-refractivity contribution is 6.00. The number of fused-ring (bicyclic) bond motifs is 3. The zero-order chi connectivity index (χ0) is 70.2. The third kappa shape index (κ3) is 20.4. The van der Waals surface area contributed by atoms with E-state index >= 15 is 28.8 Å². The average molecular weight is 1300 g/mol. The Balaban J connectivity index is 2.34. The topological polar surface area (TPSA) is 274 Å². The molecule has 25 nitrogen and oxygen atoms in total. The minimum Gasteiger partial charge on any atom is -0.370 e. The molecule has 11 amide bonds. The van der Waals surface area contributed by atoms with Crippen LogP contribution in [0.3, 0.4) is 0 Å². The van der Waals surface area contributed by atoms with Crippen LogP contribution in [0, 0.1) is 35.5 Å². The molecule has 3 rings (SSSR count). The maximum atomic E-state index is 15.3. The second-order valence-electron chi connectivity index (χ2n) is 28.1. The van der Waals surface area contributed by atoms with Crippen LogP contribution in [0.5, 0.6) is 0 Å². The summed E-state index contributed by atoms with van der Waals surface area (Å²) >= 11 is 0. The summed E-state index contributed by atoms with van der Waals surface area (Å²) in [6, 6.07) is -13.3. The molecule has 0 aromatic rings. The van der Waals surface area contributed by atoms with Crippen molar-refractivity contribution in [1.82, 2.24) is 65.4 Å². The molecule has 0 aromatic carbocycles. The number of nitrogens with one attached hydrogen (secondary N) is 4. The molecule has 0 aromatic heterocycles. The van der Waals surface area contributed by atoms with Crippen LogP contribution < -0.4 is 21.3 Å². The lowest BCUT2D eigenvalue weighted by Crippen LogP contribution is -2.63. The molecule has 0 radical (unpaired) electrons. The number of rotatable bonds is 15. The van der Waals surface area contributed by atoms with Gasteiger partial charge in [-0.25, -0.2) is 0 Å². The van der Waals surface area contributed by atoms with Crippen LogP contribution in [0.25, 0.3) is 0 Å². The van der Waals surface area contributed by atoms with Gasteiger partial charge in [-0.3, -0.25) is 52.7 Å². The molecular weight excluding hydrogens is 1180 g/mol. The van der Waals surface area contributed by atoms with Crippen molar-refractivity contribution in [1.29, 1.82) is 0 Å². The quantitative estimate of drug-likeness (QED) is 0.172. The van der Waals surface area contributed by atoms with Gasteiger partial charge in [-0.1, -0.05) is 95.2 Å². The summed E-state index contributed by atoms with van der Waals surface area (Å²) in [5, 5.41) is 11.3. The summed E-state index contributed by atoms with van der Waals surface area (Å²) in [7, 11) is 10.3. The van der Waals surface area contributed by atoms with Gasteiger partial charge in [0.05, 0.1) is 12.2 Å². The Bertz CT molecular complexity index is 2580. The van der Waals surface area contributed by atoms with Gasteiger partial charge in [0, 0.05) is 82.1 Å². The maximum Gasteiger partial charge on any atom is 0.248 e. The Morgan fingerprint density at radius 2 is 0.946 bits per heavy atom. The zero-order valence-corrected chi connectivity index (χ0v) is 60.3. The molecule has 0 saturated carbocycles. The summed E-state index contributed by atoms with van der Waals surface area (Å²) in [5.74, 6) is -8.88. The van der Waals surface area contributed by atoms with Gasteiger partial charge in [0.25, 0.3) is 0 Å².